The highest BCUT2D eigenvalue weighted by molar-refractivity contribution is 6.00. The number of carboxylic acids is 1. The minimum atomic E-state index is -0.966. The van der Waals surface area contributed by atoms with Gasteiger partial charge in [0, 0.05) is 22.7 Å². The molecule has 0 spiro atoms. The number of nitrogens with one attached hydrogen (secondary N) is 1. The van der Waals surface area contributed by atoms with Crippen LogP contribution >= 0.6 is 0 Å². The lowest BCUT2D eigenvalue weighted by Crippen LogP contribution is -2.32. The molecule has 1 atom stereocenters. The van der Waals surface area contributed by atoms with Crippen LogP contribution in [0, 0.1) is 0 Å². The molecule has 28 heavy (non-hydrogen) atoms. The van der Waals surface area contributed by atoms with Gasteiger partial charge in [0.05, 0.1) is 17.1 Å². The van der Waals surface area contributed by atoms with Crippen molar-refractivity contribution in [3.05, 3.63) is 81.1 Å². The summed E-state index contributed by atoms with van der Waals surface area (Å²) in [5.74, 6) is -0.966. The van der Waals surface area contributed by atoms with E-state index in [0.717, 1.165) is 15.6 Å². The Morgan fingerprint density at radius 3 is 2.54 bits per heavy atom. The van der Waals surface area contributed by atoms with E-state index in [1.165, 1.54) is 6.21 Å². The van der Waals surface area contributed by atoms with E-state index in [9.17, 15) is 19.5 Å². The zero-order valence-corrected chi connectivity index (χ0v) is 14.9. The van der Waals surface area contributed by atoms with Gasteiger partial charge in [0.1, 0.15) is 6.04 Å². The van der Waals surface area contributed by atoms with Gasteiger partial charge >= 0.3 is 11.7 Å². The second-order valence-corrected chi connectivity index (χ2v) is 6.36. The average Bonchev–Trinajstić information content (AvgIpc) is 3.06. The largest absolute Gasteiger partial charge is 0.480 e. The molecule has 2 aromatic heterocycles. The first-order chi connectivity index (χ1) is 13.5. The summed E-state index contributed by atoms with van der Waals surface area (Å²) in [7, 11) is 0. The Bertz CT molecular complexity index is 1360. The Balaban J connectivity index is 1.87. The molecule has 0 radical (unpaired) electrons. The fraction of sp³-hybridized carbons (Fsp3) is 0.100. The van der Waals surface area contributed by atoms with Crippen LogP contribution in [0.25, 0.3) is 21.8 Å². The Morgan fingerprint density at radius 1 is 1.11 bits per heavy atom. The number of nitrogens with zero attached hydrogens (tertiary/aromatic N) is 3. The van der Waals surface area contributed by atoms with Gasteiger partial charge in [0.2, 0.25) is 0 Å². The lowest BCUT2D eigenvalue weighted by molar-refractivity contribution is -0.140. The molecular weight excluding hydrogens is 360 g/mol. The molecule has 2 N–H and O–H groups in total. The monoisotopic (exact) mass is 376 g/mol. The van der Waals surface area contributed by atoms with E-state index >= 15 is 0 Å². The molecule has 8 nitrogen and oxygen atoms in total. The summed E-state index contributed by atoms with van der Waals surface area (Å²) >= 11 is 0. The SMILES string of the molecule is C[C@H](C(=O)O)n1cc(C=Nn2c(=O)[nH]c3ccccc3c2=O)c2ccccc21. The van der Waals surface area contributed by atoms with Crippen LogP contribution < -0.4 is 11.2 Å². The van der Waals surface area contributed by atoms with E-state index in [-0.39, 0.29) is 0 Å². The van der Waals surface area contributed by atoms with E-state index < -0.39 is 23.3 Å². The van der Waals surface area contributed by atoms with Crippen molar-refractivity contribution < 1.29 is 9.90 Å². The molecule has 0 aliphatic rings. The summed E-state index contributed by atoms with van der Waals surface area (Å²) < 4.78 is 2.38. The summed E-state index contributed by atoms with van der Waals surface area (Å²) in [4.78, 5) is 38.9. The second-order valence-electron chi connectivity index (χ2n) is 6.36. The predicted molar refractivity (Wildman–Crippen MR) is 106 cm³/mol. The van der Waals surface area contributed by atoms with E-state index in [1.54, 1.807) is 48.0 Å². The zero-order chi connectivity index (χ0) is 19.8. The fourth-order valence-electron chi connectivity index (χ4n) is 3.15. The maximum Gasteiger partial charge on any atom is 0.349 e. The molecule has 0 amide bonds. The quantitative estimate of drug-likeness (QED) is 0.532. The second kappa shape index (κ2) is 6.66. The number of aromatic nitrogens is 3. The highest BCUT2D eigenvalue weighted by Gasteiger charge is 2.17. The third-order valence-electron chi connectivity index (χ3n) is 4.64. The third kappa shape index (κ3) is 2.81. The number of hydrogen-bond donors (Lipinski definition) is 2. The standard InChI is InChI=1S/C20H16N4O4/c1-12(19(26)27)23-11-13(14-6-3-5-9-17(14)23)10-21-24-18(25)15-7-2-4-8-16(15)22-20(24)28/h2-12H,1H3,(H,22,28)(H,26,27)/t12-/m1/s1. The summed E-state index contributed by atoms with van der Waals surface area (Å²) in [5.41, 5.74) is 0.582. The Labute approximate surface area is 158 Å². The summed E-state index contributed by atoms with van der Waals surface area (Å²) in [6.45, 7) is 1.58. The number of fused-ring (bicyclic) bond motifs is 2. The lowest BCUT2D eigenvalue weighted by Gasteiger charge is -2.09. The van der Waals surface area contributed by atoms with Gasteiger partial charge in [0.25, 0.3) is 5.56 Å². The molecule has 0 unspecified atom stereocenters. The lowest BCUT2D eigenvalue weighted by atomic mass is 10.2. The maximum atomic E-state index is 12.6. The van der Waals surface area contributed by atoms with Crippen molar-refractivity contribution in [1.82, 2.24) is 14.2 Å². The summed E-state index contributed by atoms with van der Waals surface area (Å²) in [6.07, 6.45) is 3.03. The van der Waals surface area contributed by atoms with E-state index in [2.05, 4.69) is 10.1 Å². The van der Waals surface area contributed by atoms with Crippen LogP contribution in [0.5, 0.6) is 0 Å². The highest BCUT2D eigenvalue weighted by Crippen LogP contribution is 2.23. The predicted octanol–water partition coefficient (Wildman–Crippen LogP) is 2.17. The Hall–Kier alpha value is -3.94. The molecule has 0 aliphatic heterocycles. The van der Waals surface area contributed by atoms with Gasteiger partial charge in [-0.1, -0.05) is 30.3 Å². The van der Waals surface area contributed by atoms with Crippen LogP contribution in [0.2, 0.25) is 0 Å². The van der Waals surface area contributed by atoms with Crippen molar-refractivity contribution in [2.24, 2.45) is 5.10 Å². The zero-order valence-electron chi connectivity index (χ0n) is 14.9. The number of aromatic amines is 1. The molecule has 0 saturated heterocycles. The Kier molecular flexibility index (Phi) is 4.15. The number of aliphatic carboxylic acids is 1. The van der Waals surface area contributed by atoms with Crippen LogP contribution in [-0.2, 0) is 4.79 Å². The number of carbonyl (C=O) groups is 1. The molecule has 0 bridgehead atoms. The molecule has 4 rings (SSSR count). The average molecular weight is 376 g/mol. The van der Waals surface area contributed by atoms with Crippen molar-refractivity contribution in [3.63, 3.8) is 0 Å². The van der Waals surface area contributed by atoms with Crippen LogP contribution in [-0.4, -0.2) is 31.5 Å². The van der Waals surface area contributed by atoms with Crippen molar-refractivity contribution in [3.8, 4) is 0 Å². The molecule has 2 aromatic carbocycles. The smallest absolute Gasteiger partial charge is 0.349 e. The summed E-state index contributed by atoms with van der Waals surface area (Å²) in [5, 5.41) is 14.5. The van der Waals surface area contributed by atoms with Gasteiger partial charge in [-0.25, -0.2) is 9.59 Å². The minimum Gasteiger partial charge on any atom is -0.480 e. The number of hydrogen-bond acceptors (Lipinski definition) is 4. The van der Waals surface area contributed by atoms with Crippen molar-refractivity contribution in [2.45, 2.75) is 13.0 Å². The van der Waals surface area contributed by atoms with Gasteiger partial charge < -0.3 is 14.7 Å². The Morgan fingerprint density at radius 2 is 1.79 bits per heavy atom. The van der Waals surface area contributed by atoms with E-state index in [4.69, 9.17) is 0 Å². The topological polar surface area (TPSA) is 109 Å². The van der Waals surface area contributed by atoms with Gasteiger partial charge in [-0.05, 0) is 25.1 Å². The third-order valence-corrected chi connectivity index (χ3v) is 4.64. The van der Waals surface area contributed by atoms with Gasteiger partial charge in [-0.3, -0.25) is 4.79 Å². The first-order valence-electron chi connectivity index (χ1n) is 8.58. The first-order valence-corrected chi connectivity index (χ1v) is 8.58. The van der Waals surface area contributed by atoms with E-state index in [1.807, 2.05) is 18.2 Å². The van der Waals surface area contributed by atoms with Crippen LogP contribution in [0.1, 0.15) is 18.5 Å². The van der Waals surface area contributed by atoms with Gasteiger partial charge in [0.15, 0.2) is 0 Å². The molecule has 4 aromatic rings. The number of H-pyrrole nitrogens is 1. The van der Waals surface area contributed by atoms with Crippen LogP contribution in [0.3, 0.4) is 0 Å². The molecule has 0 aliphatic carbocycles. The molecule has 8 heteroatoms. The molecule has 0 fully saturated rings. The van der Waals surface area contributed by atoms with Crippen molar-refractivity contribution in [2.75, 3.05) is 0 Å². The highest BCUT2D eigenvalue weighted by atomic mass is 16.4. The van der Waals surface area contributed by atoms with Crippen molar-refractivity contribution >= 4 is 34.0 Å². The molecular formula is C20H16N4O4. The normalized spacial score (nSPS) is 12.8. The molecule has 140 valence electrons. The van der Waals surface area contributed by atoms with Gasteiger partial charge in [-0.15, -0.1) is 4.68 Å². The van der Waals surface area contributed by atoms with Crippen molar-refractivity contribution in [1.29, 1.82) is 0 Å². The number of benzene rings is 2. The fourth-order valence-corrected chi connectivity index (χ4v) is 3.15. The number of carboxylic acid groups (broad SMARTS) is 1. The van der Waals surface area contributed by atoms with Crippen LogP contribution in [0.15, 0.2) is 69.4 Å². The van der Waals surface area contributed by atoms with Gasteiger partial charge in [-0.2, -0.15) is 5.10 Å². The van der Waals surface area contributed by atoms with Crippen LogP contribution in [0.4, 0.5) is 0 Å². The maximum absolute atomic E-state index is 12.6. The van der Waals surface area contributed by atoms with E-state index in [0.29, 0.717) is 16.5 Å². The minimum absolute atomic E-state index is 0.348. The molecule has 0 saturated carbocycles. The first kappa shape index (κ1) is 17.5. The summed E-state index contributed by atoms with van der Waals surface area (Å²) in [6, 6.07) is 13.2. The molecule has 2 heterocycles. The number of para-hydroxylation sites is 2. The number of rotatable bonds is 4.